The van der Waals surface area contributed by atoms with E-state index in [1.165, 1.54) is 12.8 Å². The first-order valence-electron chi connectivity index (χ1n) is 10.2. The Morgan fingerprint density at radius 2 is 1.45 bits per heavy atom. The lowest BCUT2D eigenvalue weighted by atomic mass is 10.1. The number of halogens is 1. The number of piperazine rings is 1. The maximum absolute atomic E-state index is 11.8. The van der Waals surface area contributed by atoms with Crippen LogP contribution in [0.25, 0.3) is 0 Å². The summed E-state index contributed by atoms with van der Waals surface area (Å²) in [7, 11) is 1.38. The molecule has 0 unspecified atom stereocenters. The van der Waals surface area contributed by atoms with E-state index in [0.29, 0.717) is 10.6 Å². The number of carbonyl (C=O) groups excluding carboxylic acids is 1. The highest BCUT2D eigenvalue weighted by molar-refractivity contribution is 6.33. The first-order chi connectivity index (χ1) is 15.2. The number of hydrogen-bond acceptors (Lipinski definition) is 4. The van der Waals surface area contributed by atoms with Gasteiger partial charge in [0, 0.05) is 37.4 Å². The van der Waals surface area contributed by atoms with Gasteiger partial charge in [0.1, 0.15) is 5.84 Å². The second kappa shape index (κ2) is 9.67. The Bertz CT molecular complexity index is 1060. The molecule has 0 amide bonds. The zero-order valence-corrected chi connectivity index (χ0v) is 18.1. The van der Waals surface area contributed by atoms with Gasteiger partial charge in [-0.05, 0) is 36.4 Å². The van der Waals surface area contributed by atoms with Crippen molar-refractivity contribution in [2.75, 3.05) is 38.2 Å². The van der Waals surface area contributed by atoms with Gasteiger partial charge in [0.25, 0.3) is 0 Å². The number of aliphatic imine (C=N–C) groups is 1. The average Bonchev–Trinajstić information content (AvgIpc) is 2.84. The lowest BCUT2D eigenvalue weighted by molar-refractivity contribution is 0.0600. The van der Waals surface area contributed by atoms with Crippen molar-refractivity contribution < 1.29 is 9.53 Å². The van der Waals surface area contributed by atoms with Crippen molar-refractivity contribution in [1.82, 2.24) is 4.90 Å². The number of anilines is 1. The molecule has 0 saturated carbocycles. The van der Waals surface area contributed by atoms with Crippen LogP contribution in [0.2, 0.25) is 5.02 Å². The third-order valence-corrected chi connectivity index (χ3v) is 5.66. The van der Waals surface area contributed by atoms with Gasteiger partial charge in [0.15, 0.2) is 0 Å². The summed E-state index contributed by atoms with van der Waals surface area (Å²) in [4.78, 5) is 21.4. The molecule has 0 atom stereocenters. The van der Waals surface area contributed by atoms with Crippen molar-refractivity contribution in [3.63, 3.8) is 0 Å². The second-order valence-electron chi connectivity index (χ2n) is 7.27. The Morgan fingerprint density at radius 3 is 2.10 bits per heavy atom. The van der Waals surface area contributed by atoms with Gasteiger partial charge in [-0.1, -0.05) is 54.1 Å². The Morgan fingerprint density at radius 1 is 0.839 bits per heavy atom. The third-order valence-electron chi connectivity index (χ3n) is 5.34. The number of esters is 1. The molecule has 1 aliphatic rings. The molecule has 1 aliphatic heterocycles. The second-order valence-corrected chi connectivity index (χ2v) is 7.67. The monoisotopic (exact) mass is 433 g/mol. The molecule has 4 rings (SSSR count). The molecular formula is C25H24ClN3O2. The number of rotatable bonds is 4. The number of carbonyl (C=O) groups is 1. The van der Waals surface area contributed by atoms with E-state index in [9.17, 15) is 4.79 Å². The van der Waals surface area contributed by atoms with Gasteiger partial charge in [0.2, 0.25) is 0 Å². The number of para-hydroxylation sites is 2. The molecule has 31 heavy (non-hydrogen) atoms. The number of methoxy groups -OCH3 is 1. The Labute approximate surface area is 187 Å². The van der Waals surface area contributed by atoms with E-state index in [2.05, 4.69) is 34.1 Å². The summed E-state index contributed by atoms with van der Waals surface area (Å²) in [5.41, 5.74) is 3.40. The lowest BCUT2D eigenvalue weighted by Gasteiger charge is -2.38. The summed E-state index contributed by atoms with van der Waals surface area (Å²) < 4.78 is 4.82. The number of ether oxygens (including phenoxy) is 1. The minimum Gasteiger partial charge on any atom is -0.465 e. The molecule has 5 nitrogen and oxygen atoms in total. The average molecular weight is 434 g/mol. The highest BCUT2D eigenvalue weighted by atomic mass is 35.5. The fourth-order valence-electron chi connectivity index (χ4n) is 3.66. The predicted octanol–water partition coefficient (Wildman–Crippen LogP) is 5.03. The Kier molecular flexibility index (Phi) is 6.53. The lowest BCUT2D eigenvalue weighted by Crippen LogP contribution is -2.49. The normalized spacial score (nSPS) is 14.5. The Hall–Kier alpha value is -3.31. The Balaban J connectivity index is 1.62. The van der Waals surface area contributed by atoms with E-state index in [1.54, 1.807) is 12.1 Å². The smallest absolute Gasteiger partial charge is 0.337 e. The highest BCUT2D eigenvalue weighted by Crippen LogP contribution is 2.26. The summed E-state index contributed by atoms with van der Waals surface area (Å²) in [5.74, 6) is 0.491. The summed E-state index contributed by atoms with van der Waals surface area (Å²) in [6.07, 6.45) is 0. The van der Waals surface area contributed by atoms with E-state index in [0.717, 1.165) is 43.3 Å². The molecule has 3 aromatic carbocycles. The van der Waals surface area contributed by atoms with Gasteiger partial charge >= 0.3 is 5.97 Å². The van der Waals surface area contributed by atoms with Gasteiger partial charge in [-0.2, -0.15) is 0 Å². The van der Waals surface area contributed by atoms with E-state index < -0.39 is 0 Å². The van der Waals surface area contributed by atoms with Crippen molar-refractivity contribution in [3.8, 4) is 0 Å². The van der Waals surface area contributed by atoms with Gasteiger partial charge < -0.3 is 14.5 Å². The summed E-state index contributed by atoms with van der Waals surface area (Å²) in [6, 6.07) is 25.4. The van der Waals surface area contributed by atoms with Crippen molar-refractivity contribution in [1.29, 1.82) is 0 Å². The fraction of sp³-hybridized carbons (Fsp3) is 0.200. The van der Waals surface area contributed by atoms with E-state index >= 15 is 0 Å². The molecule has 0 N–H and O–H groups in total. The summed E-state index contributed by atoms with van der Waals surface area (Å²) in [6.45, 7) is 3.45. The minimum atomic E-state index is -0.354. The molecule has 0 spiro atoms. The van der Waals surface area contributed by atoms with Crippen LogP contribution in [-0.4, -0.2) is 50.0 Å². The number of nitrogens with zero attached hydrogens (tertiary/aromatic N) is 3. The molecular weight excluding hydrogens is 410 g/mol. The van der Waals surface area contributed by atoms with Crippen molar-refractivity contribution in [3.05, 3.63) is 95.0 Å². The van der Waals surface area contributed by atoms with Crippen molar-refractivity contribution in [2.24, 2.45) is 4.99 Å². The summed E-state index contributed by atoms with van der Waals surface area (Å²) in [5, 5.41) is 0.606. The van der Waals surface area contributed by atoms with E-state index in [-0.39, 0.29) is 5.97 Å². The molecule has 0 bridgehead atoms. The topological polar surface area (TPSA) is 45.1 Å². The first-order valence-corrected chi connectivity index (χ1v) is 10.6. The predicted molar refractivity (Wildman–Crippen MR) is 126 cm³/mol. The highest BCUT2D eigenvalue weighted by Gasteiger charge is 2.22. The number of hydrogen-bond donors (Lipinski definition) is 0. The van der Waals surface area contributed by atoms with Crippen LogP contribution >= 0.6 is 11.6 Å². The maximum atomic E-state index is 11.8. The van der Waals surface area contributed by atoms with Crippen LogP contribution in [0.5, 0.6) is 0 Å². The molecule has 6 heteroatoms. The minimum absolute atomic E-state index is 0.354. The molecule has 0 radical (unpaired) electrons. The largest absolute Gasteiger partial charge is 0.465 e. The molecule has 1 heterocycles. The molecule has 0 aliphatic carbocycles. The van der Waals surface area contributed by atoms with Crippen LogP contribution in [0, 0.1) is 0 Å². The van der Waals surface area contributed by atoms with Gasteiger partial charge in [-0.25, -0.2) is 9.79 Å². The van der Waals surface area contributed by atoms with Crippen LogP contribution in [0.1, 0.15) is 15.9 Å². The quantitative estimate of drug-likeness (QED) is 0.329. The number of benzene rings is 3. The van der Waals surface area contributed by atoms with E-state index in [1.807, 2.05) is 42.5 Å². The fourth-order valence-corrected chi connectivity index (χ4v) is 3.84. The number of amidine groups is 1. The van der Waals surface area contributed by atoms with Crippen LogP contribution in [0.15, 0.2) is 83.9 Å². The van der Waals surface area contributed by atoms with Crippen LogP contribution in [0.4, 0.5) is 11.4 Å². The van der Waals surface area contributed by atoms with Crippen LogP contribution in [0.3, 0.4) is 0 Å². The standard InChI is InChI=1S/C25H24ClN3O2/c1-31-25(30)20-13-11-19(12-14-20)24(27-23-10-6-5-9-22(23)26)29-17-15-28(16-18-29)21-7-3-2-4-8-21/h2-14H,15-18H2,1H3. The first kappa shape index (κ1) is 20.9. The SMILES string of the molecule is COC(=O)c1ccc(C(=Nc2ccccc2Cl)N2CCN(c3ccccc3)CC2)cc1. The zero-order valence-electron chi connectivity index (χ0n) is 17.4. The van der Waals surface area contributed by atoms with Crippen molar-refractivity contribution in [2.45, 2.75) is 0 Å². The van der Waals surface area contributed by atoms with Crippen LogP contribution in [-0.2, 0) is 4.74 Å². The van der Waals surface area contributed by atoms with E-state index in [4.69, 9.17) is 21.3 Å². The molecule has 0 aromatic heterocycles. The third kappa shape index (κ3) is 4.89. The maximum Gasteiger partial charge on any atom is 0.337 e. The summed E-state index contributed by atoms with van der Waals surface area (Å²) >= 11 is 6.39. The van der Waals surface area contributed by atoms with Crippen LogP contribution < -0.4 is 4.90 Å². The molecule has 158 valence electrons. The molecule has 1 saturated heterocycles. The zero-order chi connectivity index (χ0) is 21.6. The molecule has 1 fully saturated rings. The van der Waals surface area contributed by atoms with Crippen molar-refractivity contribution >= 4 is 34.8 Å². The van der Waals surface area contributed by atoms with Gasteiger partial charge in [0.05, 0.1) is 23.4 Å². The molecule has 3 aromatic rings. The van der Waals surface area contributed by atoms with Gasteiger partial charge in [-0.3, -0.25) is 0 Å². The van der Waals surface area contributed by atoms with Gasteiger partial charge in [-0.15, -0.1) is 0 Å².